The van der Waals surface area contributed by atoms with Crippen LogP contribution in [0.5, 0.6) is 0 Å². The molecule has 0 spiro atoms. The van der Waals surface area contributed by atoms with Crippen LogP contribution in [0.1, 0.15) is 58.3 Å². The highest BCUT2D eigenvalue weighted by Crippen LogP contribution is 2.29. The van der Waals surface area contributed by atoms with Crippen LogP contribution in [0.2, 0.25) is 0 Å². The van der Waals surface area contributed by atoms with Gasteiger partial charge in [0.05, 0.1) is 0 Å². The number of likely N-dealkylation sites (tertiary alicyclic amines) is 2. The molecule has 3 heteroatoms. The summed E-state index contributed by atoms with van der Waals surface area (Å²) in [6, 6.07) is 1.70. The minimum absolute atomic E-state index is 0.821. The van der Waals surface area contributed by atoms with Crippen LogP contribution in [0.3, 0.4) is 0 Å². The second-order valence-electron chi connectivity index (χ2n) is 7.53. The molecule has 0 aromatic carbocycles. The van der Waals surface area contributed by atoms with Gasteiger partial charge in [-0.25, -0.2) is 0 Å². The van der Waals surface area contributed by atoms with E-state index in [1.807, 2.05) is 0 Å². The van der Waals surface area contributed by atoms with Gasteiger partial charge in [0.25, 0.3) is 0 Å². The molecule has 0 aromatic rings. The normalized spacial score (nSPS) is 35.0. The second kappa shape index (κ2) is 7.94. The Kier molecular flexibility index (Phi) is 5.96. The Balaban J connectivity index is 1.37. The molecule has 1 saturated carbocycles. The highest BCUT2D eigenvalue weighted by atomic mass is 15.3. The Morgan fingerprint density at radius 2 is 1.86 bits per heavy atom. The minimum atomic E-state index is 0.821. The zero-order chi connectivity index (χ0) is 14.5. The maximum Gasteiger partial charge on any atom is 0.0235 e. The van der Waals surface area contributed by atoms with Gasteiger partial charge >= 0.3 is 0 Å². The Bertz CT molecular complexity index is 301. The summed E-state index contributed by atoms with van der Waals surface area (Å²) in [4.78, 5) is 5.50. The lowest BCUT2D eigenvalue weighted by Gasteiger charge is -2.25. The van der Waals surface area contributed by atoms with Crippen molar-refractivity contribution in [2.75, 3.05) is 39.3 Å². The Hall–Kier alpha value is -0.120. The summed E-state index contributed by atoms with van der Waals surface area (Å²) in [5.41, 5.74) is 0. The third kappa shape index (κ3) is 4.20. The molecular weight excluding hydrogens is 258 g/mol. The van der Waals surface area contributed by atoms with E-state index >= 15 is 0 Å². The summed E-state index contributed by atoms with van der Waals surface area (Å²) >= 11 is 0. The van der Waals surface area contributed by atoms with E-state index < -0.39 is 0 Å². The van der Waals surface area contributed by atoms with Gasteiger partial charge in [0, 0.05) is 18.6 Å². The molecule has 2 saturated heterocycles. The van der Waals surface area contributed by atoms with Crippen molar-refractivity contribution in [1.82, 2.24) is 15.1 Å². The molecule has 0 aromatic heterocycles. The number of nitrogens with zero attached hydrogens (tertiary/aromatic N) is 2. The Morgan fingerprint density at radius 3 is 2.67 bits per heavy atom. The molecule has 122 valence electrons. The summed E-state index contributed by atoms with van der Waals surface area (Å²) in [5, 5.41) is 3.78. The molecule has 21 heavy (non-hydrogen) atoms. The van der Waals surface area contributed by atoms with Gasteiger partial charge in [0.1, 0.15) is 0 Å². The number of hydrogen-bond acceptors (Lipinski definition) is 3. The molecule has 1 aliphatic carbocycles. The van der Waals surface area contributed by atoms with Crippen LogP contribution in [-0.4, -0.2) is 61.2 Å². The van der Waals surface area contributed by atoms with Crippen molar-refractivity contribution in [1.29, 1.82) is 0 Å². The zero-order valence-corrected chi connectivity index (χ0v) is 14.0. The van der Waals surface area contributed by atoms with E-state index in [9.17, 15) is 0 Å². The third-order valence-corrected chi connectivity index (χ3v) is 6.04. The first-order chi connectivity index (χ1) is 10.4. The summed E-state index contributed by atoms with van der Waals surface area (Å²) in [7, 11) is 0. The van der Waals surface area contributed by atoms with Crippen molar-refractivity contribution >= 4 is 0 Å². The van der Waals surface area contributed by atoms with E-state index in [1.165, 1.54) is 90.6 Å². The first-order valence-corrected chi connectivity index (χ1v) is 9.56. The average molecular weight is 293 g/mol. The molecule has 3 unspecified atom stereocenters. The minimum Gasteiger partial charge on any atom is -0.314 e. The zero-order valence-electron chi connectivity index (χ0n) is 14.0. The van der Waals surface area contributed by atoms with Gasteiger partial charge in [-0.05, 0) is 83.6 Å². The van der Waals surface area contributed by atoms with Gasteiger partial charge in [-0.2, -0.15) is 0 Å². The highest BCUT2D eigenvalue weighted by Gasteiger charge is 2.31. The molecule has 3 fully saturated rings. The van der Waals surface area contributed by atoms with Crippen LogP contribution in [-0.2, 0) is 0 Å². The summed E-state index contributed by atoms with van der Waals surface area (Å²) < 4.78 is 0. The van der Waals surface area contributed by atoms with E-state index in [0.29, 0.717) is 0 Å². The molecule has 0 radical (unpaired) electrons. The molecule has 3 aliphatic rings. The lowest BCUT2D eigenvalue weighted by atomic mass is 9.99. The average Bonchev–Trinajstić information content (AvgIpc) is 3.22. The Morgan fingerprint density at radius 1 is 1.00 bits per heavy atom. The molecule has 0 amide bonds. The van der Waals surface area contributed by atoms with Crippen molar-refractivity contribution in [2.45, 2.75) is 70.4 Å². The first kappa shape index (κ1) is 15.8. The summed E-state index contributed by atoms with van der Waals surface area (Å²) in [5.74, 6) is 0.947. The largest absolute Gasteiger partial charge is 0.314 e. The molecule has 1 N–H and O–H groups in total. The van der Waals surface area contributed by atoms with Crippen molar-refractivity contribution in [3.8, 4) is 0 Å². The molecule has 0 bridgehead atoms. The maximum absolute atomic E-state index is 3.78. The predicted octanol–water partition coefficient (Wildman–Crippen LogP) is 2.71. The second-order valence-corrected chi connectivity index (χ2v) is 7.53. The fourth-order valence-corrected chi connectivity index (χ4v) is 4.75. The fraction of sp³-hybridized carbons (Fsp3) is 1.00. The Labute approximate surface area is 131 Å². The van der Waals surface area contributed by atoms with Crippen LogP contribution in [0.4, 0.5) is 0 Å². The molecule has 2 aliphatic heterocycles. The van der Waals surface area contributed by atoms with Gasteiger partial charge in [-0.3, -0.25) is 4.90 Å². The number of rotatable bonds is 7. The molecular formula is C18H35N3. The van der Waals surface area contributed by atoms with E-state index in [2.05, 4.69) is 22.0 Å². The third-order valence-electron chi connectivity index (χ3n) is 6.04. The highest BCUT2D eigenvalue weighted by molar-refractivity contribution is 4.88. The molecule has 3 nitrogen and oxygen atoms in total. The smallest absolute Gasteiger partial charge is 0.0235 e. The monoisotopic (exact) mass is 293 g/mol. The van der Waals surface area contributed by atoms with Crippen LogP contribution in [0, 0.1) is 5.92 Å². The molecule has 3 rings (SSSR count). The standard InChI is InChI=1S/C18H35N3/c1-2-10-19-18-7-5-6-16(18)8-13-20-14-9-17(15-20)21-11-3-4-12-21/h16-19H,2-15H2,1H3. The van der Waals surface area contributed by atoms with Gasteiger partial charge in [-0.1, -0.05) is 13.3 Å². The van der Waals surface area contributed by atoms with Crippen LogP contribution < -0.4 is 5.32 Å². The van der Waals surface area contributed by atoms with Gasteiger partial charge < -0.3 is 10.2 Å². The van der Waals surface area contributed by atoms with E-state index in [4.69, 9.17) is 0 Å². The van der Waals surface area contributed by atoms with Crippen LogP contribution in [0.15, 0.2) is 0 Å². The van der Waals surface area contributed by atoms with Gasteiger partial charge in [0.15, 0.2) is 0 Å². The summed E-state index contributed by atoms with van der Waals surface area (Å²) in [6.45, 7) is 10.3. The number of nitrogens with one attached hydrogen (secondary N) is 1. The van der Waals surface area contributed by atoms with Gasteiger partial charge in [-0.15, -0.1) is 0 Å². The first-order valence-electron chi connectivity index (χ1n) is 9.56. The predicted molar refractivity (Wildman–Crippen MR) is 89.7 cm³/mol. The maximum atomic E-state index is 3.78. The molecule has 3 atom stereocenters. The lowest BCUT2D eigenvalue weighted by molar-refractivity contribution is 0.223. The van der Waals surface area contributed by atoms with Crippen molar-refractivity contribution in [3.63, 3.8) is 0 Å². The fourth-order valence-electron chi connectivity index (χ4n) is 4.75. The van der Waals surface area contributed by atoms with E-state index in [1.54, 1.807) is 0 Å². The van der Waals surface area contributed by atoms with Crippen molar-refractivity contribution in [3.05, 3.63) is 0 Å². The van der Waals surface area contributed by atoms with Crippen molar-refractivity contribution in [2.24, 2.45) is 5.92 Å². The van der Waals surface area contributed by atoms with E-state index in [-0.39, 0.29) is 0 Å². The topological polar surface area (TPSA) is 18.5 Å². The SMILES string of the molecule is CCCNC1CCCC1CCN1CCC(N2CCCC2)C1. The van der Waals surface area contributed by atoms with Crippen LogP contribution >= 0.6 is 0 Å². The number of hydrogen-bond donors (Lipinski definition) is 1. The quantitative estimate of drug-likeness (QED) is 0.778. The lowest BCUT2D eigenvalue weighted by Crippen LogP contribution is -2.37. The van der Waals surface area contributed by atoms with Crippen molar-refractivity contribution < 1.29 is 0 Å². The van der Waals surface area contributed by atoms with Crippen LogP contribution in [0.25, 0.3) is 0 Å². The van der Waals surface area contributed by atoms with E-state index in [0.717, 1.165) is 18.0 Å². The molecule has 2 heterocycles. The summed E-state index contributed by atoms with van der Waals surface area (Å²) in [6.07, 6.45) is 11.3. The van der Waals surface area contributed by atoms with Gasteiger partial charge in [0.2, 0.25) is 0 Å².